The molecule has 1 aromatic heterocycles. The molecule has 1 aliphatic carbocycles. The van der Waals surface area contributed by atoms with Crippen LogP contribution >= 0.6 is 0 Å². The van der Waals surface area contributed by atoms with E-state index in [0.29, 0.717) is 25.7 Å². The highest BCUT2D eigenvalue weighted by atomic mass is 19.4. The van der Waals surface area contributed by atoms with Crippen molar-refractivity contribution >= 4 is 11.0 Å². The lowest BCUT2D eigenvalue weighted by Crippen LogP contribution is -2.59. The second-order valence-corrected chi connectivity index (χ2v) is 11.3. The molecule has 1 saturated heterocycles. The molecule has 3 N–H and O–H groups in total. The maximum atomic E-state index is 14.0. The van der Waals surface area contributed by atoms with Crippen molar-refractivity contribution in [2.75, 3.05) is 6.61 Å². The van der Waals surface area contributed by atoms with E-state index in [1.807, 2.05) is 27.7 Å². The van der Waals surface area contributed by atoms with E-state index < -0.39 is 22.9 Å². The largest absolute Gasteiger partial charge is 0.492 e. The fourth-order valence-electron chi connectivity index (χ4n) is 5.31. The van der Waals surface area contributed by atoms with Crippen molar-refractivity contribution in [3.05, 3.63) is 24.0 Å². The third-order valence-corrected chi connectivity index (χ3v) is 7.29. The van der Waals surface area contributed by atoms with Gasteiger partial charge in [-0.05, 0) is 51.0 Å². The Balaban J connectivity index is 1.58. The lowest BCUT2D eigenvalue weighted by Gasteiger charge is -2.48. The van der Waals surface area contributed by atoms with Gasteiger partial charge in [-0.15, -0.1) is 0 Å². The number of piperidine rings is 1. The number of halogens is 3. The minimum absolute atomic E-state index is 0.0156. The van der Waals surface area contributed by atoms with Crippen LogP contribution in [0.1, 0.15) is 71.9 Å². The molecule has 6 nitrogen and oxygen atoms in total. The van der Waals surface area contributed by atoms with Crippen LogP contribution in [0.25, 0.3) is 11.0 Å². The van der Waals surface area contributed by atoms with E-state index in [1.54, 1.807) is 6.92 Å². The van der Waals surface area contributed by atoms with Crippen molar-refractivity contribution in [2.45, 2.75) is 95.8 Å². The first kappa shape index (κ1) is 24.3. The van der Waals surface area contributed by atoms with Gasteiger partial charge in [-0.2, -0.15) is 13.2 Å². The van der Waals surface area contributed by atoms with Gasteiger partial charge >= 0.3 is 6.18 Å². The smallest absolute Gasteiger partial charge is 0.418 e. The molecule has 2 heterocycles. The second-order valence-electron chi connectivity index (χ2n) is 11.3. The van der Waals surface area contributed by atoms with Crippen molar-refractivity contribution in [3.63, 3.8) is 0 Å². The highest BCUT2D eigenvalue weighted by Gasteiger charge is 2.46. The highest BCUT2D eigenvalue weighted by molar-refractivity contribution is 5.82. The SMILES string of the molecule is CC1CC(O)(C(C)(C)C)CC(COc2cc(C(F)(F)F)c3c(c2)ncn3C2CC(C)(O)C2)N1. The molecule has 1 saturated carbocycles. The maximum absolute atomic E-state index is 14.0. The van der Waals surface area contributed by atoms with Crippen LogP contribution in [0, 0.1) is 5.41 Å². The molecule has 184 valence electrons. The molecule has 1 aromatic carbocycles. The van der Waals surface area contributed by atoms with Crippen molar-refractivity contribution in [1.29, 1.82) is 0 Å². The van der Waals surface area contributed by atoms with Crippen LogP contribution < -0.4 is 10.1 Å². The first-order chi connectivity index (χ1) is 15.1. The van der Waals surface area contributed by atoms with Crippen molar-refractivity contribution in [2.24, 2.45) is 5.41 Å². The average molecular weight is 470 g/mol. The molecule has 2 aliphatic rings. The topological polar surface area (TPSA) is 79.5 Å². The third kappa shape index (κ3) is 4.72. The molecule has 2 fully saturated rings. The Kier molecular flexibility index (Phi) is 5.78. The number of imidazole rings is 1. The summed E-state index contributed by atoms with van der Waals surface area (Å²) in [6.45, 7) is 9.78. The van der Waals surface area contributed by atoms with E-state index in [2.05, 4.69) is 10.3 Å². The minimum Gasteiger partial charge on any atom is -0.492 e. The van der Waals surface area contributed by atoms with Crippen molar-refractivity contribution in [1.82, 2.24) is 14.9 Å². The monoisotopic (exact) mass is 469 g/mol. The number of aliphatic hydroxyl groups is 2. The minimum atomic E-state index is -4.58. The molecule has 4 rings (SSSR count). The van der Waals surface area contributed by atoms with Gasteiger partial charge in [0.15, 0.2) is 0 Å². The molecule has 9 heteroatoms. The molecule has 33 heavy (non-hydrogen) atoms. The van der Waals surface area contributed by atoms with E-state index in [1.165, 1.54) is 17.0 Å². The third-order valence-electron chi connectivity index (χ3n) is 7.29. The Bertz CT molecular complexity index is 1020. The number of rotatable bonds is 4. The number of hydrogen-bond donors (Lipinski definition) is 3. The lowest BCUT2D eigenvalue weighted by molar-refractivity contribution is -0.136. The molecular weight excluding hydrogens is 435 g/mol. The Morgan fingerprint density at radius 1 is 1.15 bits per heavy atom. The number of hydrogen-bond acceptors (Lipinski definition) is 5. The van der Waals surface area contributed by atoms with E-state index in [0.717, 1.165) is 6.07 Å². The van der Waals surface area contributed by atoms with Crippen LogP contribution in [0.5, 0.6) is 5.75 Å². The van der Waals surface area contributed by atoms with E-state index in [-0.39, 0.29) is 46.9 Å². The normalized spacial score (nSPS) is 33.2. The Hall–Kier alpha value is -1.84. The number of fused-ring (bicyclic) bond motifs is 1. The summed E-state index contributed by atoms with van der Waals surface area (Å²) in [7, 11) is 0. The first-order valence-electron chi connectivity index (χ1n) is 11.5. The predicted molar refractivity (Wildman–Crippen MR) is 119 cm³/mol. The van der Waals surface area contributed by atoms with Gasteiger partial charge in [-0.1, -0.05) is 20.8 Å². The van der Waals surface area contributed by atoms with Crippen LogP contribution in [0.3, 0.4) is 0 Å². The summed E-state index contributed by atoms with van der Waals surface area (Å²) >= 11 is 0. The molecule has 0 spiro atoms. The van der Waals surface area contributed by atoms with E-state index >= 15 is 0 Å². The molecule has 0 bridgehead atoms. The molecule has 3 unspecified atom stereocenters. The van der Waals surface area contributed by atoms with Gasteiger partial charge in [0.05, 0.1) is 34.1 Å². The lowest BCUT2D eigenvalue weighted by atomic mass is 9.68. The number of benzene rings is 1. The summed E-state index contributed by atoms with van der Waals surface area (Å²) in [6.07, 6.45) is -1.34. The summed E-state index contributed by atoms with van der Waals surface area (Å²) in [4.78, 5) is 4.21. The van der Waals surface area contributed by atoms with Gasteiger partial charge < -0.3 is 24.8 Å². The zero-order valence-corrected chi connectivity index (χ0v) is 19.8. The number of ether oxygens (including phenoxy) is 1. The van der Waals surface area contributed by atoms with Crippen LogP contribution in [0.2, 0.25) is 0 Å². The molecule has 0 radical (unpaired) electrons. The number of nitrogens with zero attached hydrogens (tertiary/aromatic N) is 2. The fraction of sp³-hybridized carbons (Fsp3) is 0.708. The van der Waals surface area contributed by atoms with Crippen LogP contribution in [-0.4, -0.2) is 49.7 Å². The Morgan fingerprint density at radius 2 is 1.82 bits per heavy atom. The van der Waals surface area contributed by atoms with Crippen LogP contribution in [0.4, 0.5) is 13.2 Å². The second kappa shape index (κ2) is 7.85. The number of alkyl halides is 3. The van der Waals surface area contributed by atoms with Gasteiger partial charge in [0.1, 0.15) is 12.4 Å². The summed E-state index contributed by atoms with van der Waals surface area (Å²) in [5, 5.41) is 24.6. The Morgan fingerprint density at radius 3 is 2.39 bits per heavy atom. The Labute approximate surface area is 192 Å². The summed E-state index contributed by atoms with van der Waals surface area (Å²) in [5.41, 5.74) is -2.65. The molecule has 2 aromatic rings. The van der Waals surface area contributed by atoms with Gasteiger partial charge in [-0.3, -0.25) is 0 Å². The van der Waals surface area contributed by atoms with Gasteiger partial charge in [0, 0.05) is 24.2 Å². The molecular formula is C24H34F3N3O3. The number of nitrogens with one attached hydrogen (secondary N) is 1. The zero-order valence-electron chi connectivity index (χ0n) is 19.8. The van der Waals surface area contributed by atoms with Gasteiger partial charge in [0.2, 0.25) is 0 Å². The van der Waals surface area contributed by atoms with Crippen LogP contribution in [-0.2, 0) is 6.18 Å². The first-order valence-corrected chi connectivity index (χ1v) is 11.5. The van der Waals surface area contributed by atoms with Crippen molar-refractivity contribution < 1.29 is 28.1 Å². The molecule has 0 amide bonds. The van der Waals surface area contributed by atoms with E-state index in [4.69, 9.17) is 4.74 Å². The quantitative estimate of drug-likeness (QED) is 0.617. The summed E-state index contributed by atoms with van der Waals surface area (Å²) < 4.78 is 49.3. The van der Waals surface area contributed by atoms with Gasteiger partial charge in [0.25, 0.3) is 0 Å². The molecule has 1 aliphatic heterocycles. The van der Waals surface area contributed by atoms with Gasteiger partial charge in [-0.25, -0.2) is 4.98 Å². The fourth-order valence-corrected chi connectivity index (χ4v) is 5.31. The number of aromatic nitrogens is 2. The highest BCUT2D eigenvalue weighted by Crippen LogP contribution is 2.45. The van der Waals surface area contributed by atoms with Crippen LogP contribution in [0.15, 0.2) is 18.5 Å². The maximum Gasteiger partial charge on any atom is 0.418 e. The van der Waals surface area contributed by atoms with E-state index in [9.17, 15) is 23.4 Å². The predicted octanol–water partition coefficient (Wildman–Crippen LogP) is 4.44. The standard InChI is InChI=1S/C24H34F3N3O3/c1-14-8-23(32,21(2,3)4)9-15(29-14)12-33-17-6-18(24(25,26)27)20-19(7-17)28-13-30(20)16-10-22(5,31)11-16/h6-7,13-16,29,31-32H,8-12H2,1-5H3. The zero-order chi connectivity index (χ0) is 24.4. The average Bonchev–Trinajstić information content (AvgIpc) is 3.05. The summed E-state index contributed by atoms with van der Waals surface area (Å²) in [6, 6.07) is 2.19. The molecule has 3 atom stereocenters. The van der Waals surface area contributed by atoms with Crippen molar-refractivity contribution in [3.8, 4) is 5.75 Å². The summed E-state index contributed by atoms with van der Waals surface area (Å²) in [5.74, 6) is 0.0972.